The maximum Gasteiger partial charge on any atom is 0.227 e. The monoisotopic (exact) mass is 348 g/mol. The summed E-state index contributed by atoms with van der Waals surface area (Å²) in [5, 5.41) is 0. The van der Waals surface area contributed by atoms with Crippen molar-refractivity contribution in [1.82, 2.24) is 19.0 Å². The van der Waals surface area contributed by atoms with E-state index in [9.17, 15) is 4.79 Å². The Morgan fingerprint density at radius 2 is 1.92 bits per heavy atom. The van der Waals surface area contributed by atoms with Crippen molar-refractivity contribution in [3.05, 3.63) is 72.6 Å². The average Bonchev–Trinajstić information content (AvgIpc) is 3.34. The molecule has 26 heavy (non-hydrogen) atoms. The van der Waals surface area contributed by atoms with Crippen LogP contribution in [0.4, 0.5) is 0 Å². The van der Waals surface area contributed by atoms with Gasteiger partial charge in [0.2, 0.25) is 5.91 Å². The van der Waals surface area contributed by atoms with E-state index in [1.54, 1.807) is 0 Å². The molecule has 3 heterocycles. The molecule has 1 amide bonds. The lowest BCUT2D eigenvalue weighted by molar-refractivity contribution is -0.132. The van der Waals surface area contributed by atoms with Crippen LogP contribution in [-0.4, -0.2) is 38.0 Å². The predicted molar refractivity (Wildman–Crippen MR) is 101 cm³/mol. The topological polar surface area (TPSA) is 43.1 Å². The van der Waals surface area contributed by atoms with Crippen LogP contribution in [0.25, 0.3) is 5.69 Å². The number of nitrogens with zero attached hydrogens (tertiary/aromatic N) is 4. The molecule has 0 saturated carbocycles. The van der Waals surface area contributed by atoms with E-state index in [1.807, 2.05) is 48.7 Å². The van der Waals surface area contributed by atoms with Gasteiger partial charge in [0.15, 0.2) is 0 Å². The number of carbonyl (C=O) groups excluding carboxylic acids is 1. The standard InChI is InChI=1S/C21H24N4O/c1-17-22-10-14-25(17)20-5-4-13-24(16-20)21(26)15-18-6-8-19(9-7-18)23-11-2-3-12-23/h2-3,6-12,14,20H,4-5,13,15-16H2,1H3/t20-/m0/s1. The van der Waals surface area contributed by atoms with Gasteiger partial charge in [-0.05, 0) is 49.6 Å². The summed E-state index contributed by atoms with van der Waals surface area (Å²) in [7, 11) is 0. The third-order valence-electron chi connectivity index (χ3n) is 5.20. The molecule has 4 rings (SSSR count). The molecule has 0 bridgehead atoms. The number of amides is 1. The van der Waals surface area contributed by atoms with Crippen molar-refractivity contribution >= 4 is 5.91 Å². The lowest BCUT2D eigenvalue weighted by atomic mass is 10.0. The highest BCUT2D eigenvalue weighted by atomic mass is 16.2. The van der Waals surface area contributed by atoms with Crippen molar-refractivity contribution < 1.29 is 4.79 Å². The van der Waals surface area contributed by atoms with Gasteiger partial charge in [0.05, 0.1) is 12.5 Å². The molecule has 3 aromatic rings. The Hall–Kier alpha value is -2.82. The zero-order chi connectivity index (χ0) is 17.9. The first-order valence-corrected chi connectivity index (χ1v) is 9.20. The second-order valence-corrected chi connectivity index (χ2v) is 6.95. The zero-order valence-electron chi connectivity index (χ0n) is 15.1. The van der Waals surface area contributed by atoms with Crippen molar-refractivity contribution in [1.29, 1.82) is 0 Å². The summed E-state index contributed by atoms with van der Waals surface area (Å²) in [6, 6.07) is 12.6. The maximum atomic E-state index is 12.8. The molecule has 0 unspecified atom stereocenters. The lowest BCUT2D eigenvalue weighted by Crippen LogP contribution is -2.41. The summed E-state index contributed by atoms with van der Waals surface area (Å²) < 4.78 is 4.26. The molecule has 5 nitrogen and oxygen atoms in total. The Kier molecular flexibility index (Phi) is 4.61. The summed E-state index contributed by atoms with van der Waals surface area (Å²) in [6.07, 6.45) is 10.5. The van der Waals surface area contributed by atoms with Gasteiger partial charge in [0.1, 0.15) is 5.82 Å². The van der Waals surface area contributed by atoms with Gasteiger partial charge in [-0.15, -0.1) is 0 Å². The van der Waals surface area contributed by atoms with E-state index in [0.717, 1.165) is 43.0 Å². The summed E-state index contributed by atoms with van der Waals surface area (Å²) in [5.74, 6) is 1.23. The quantitative estimate of drug-likeness (QED) is 0.725. The molecule has 5 heteroatoms. The van der Waals surface area contributed by atoms with Crippen LogP contribution in [0.15, 0.2) is 61.2 Å². The molecular formula is C21H24N4O. The minimum absolute atomic E-state index is 0.209. The Bertz CT molecular complexity index is 864. The van der Waals surface area contributed by atoms with Crippen LogP contribution in [0.1, 0.15) is 30.3 Å². The van der Waals surface area contributed by atoms with Crippen molar-refractivity contribution in [3.8, 4) is 5.69 Å². The van der Waals surface area contributed by atoms with E-state index in [1.165, 1.54) is 0 Å². The van der Waals surface area contributed by atoms with Gasteiger partial charge in [-0.2, -0.15) is 0 Å². The van der Waals surface area contributed by atoms with Crippen LogP contribution in [0.5, 0.6) is 0 Å². The number of hydrogen-bond donors (Lipinski definition) is 0. The fraction of sp³-hybridized carbons (Fsp3) is 0.333. The number of imidazole rings is 1. The van der Waals surface area contributed by atoms with Crippen LogP contribution in [0, 0.1) is 6.92 Å². The fourth-order valence-electron chi connectivity index (χ4n) is 3.76. The van der Waals surface area contributed by atoms with E-state index >= 15 is 0 Å². The molecule has 1 saturated heterocycles. The predicted octanol–water partition coefficient (Wildman–Crippen LogP) is 3.39. The fourth-order valence-corrected chi connectivity index (χ4v) is 3.76. The molecule has 1 aromatic carbocycles. The van der Waals surface area contributed by atoms with Crippen molar-refractivity contribution in [2.45, 2.75) is 32.2 Å². The summed E-state index contributed by atoms with van der Waals surface area (Å²) >= 11 is 0. The number of piperidine rings is 1. The second-order valence-electron chi connectivity index (χ2n) is 6.95. The molecule has 1 atom stereocenters. The second kappa shape index (κ2) is 7.20. The van der Waals surface area contributed by atoms with Gasteiger partial charge in [-0.1, -0.05) is 12.1 Å². The molecule has 134 valence electrons. The third kappa shape index (κ3) is 3.43. The largest absolute Gasteiger partial charge is 0.340 e. The number of hydrogen-bond acceptors (Lipinski definition) is 2. The van der Waals surface area contributed by atoms with Crippen LogP contribution in [0.3, 0.4) is 0 Å². The molecule has 0 radical (unpaired) electrons. The number of rotatable bonds is 4. The normalized spacial score (nSPS) is 17.4. The molecule has 1 aliphatic heterocycles. The van der Waals surface area contributed by atoms with Gasteiger partial charge >= 0.3 is 0 Å². The maximum absolute atomic E-state index is 12.8. The van der Waals surface area contributed by atoms with Crippen LogP contribution in [0.2, 0.25) is 0 Å². The van der Waals surface area contributed by atoms with Crippen molar-refractivity contribution in [3.63, 3.8) is 0 Å². The van der Waals surface area contributed by atoms with Crippen molar-refractivity contribution in [2.75, 3.05) is 13.1 Å². The van der Waals surface area contributed by atoms with E-state index < -0.39 is 0 Å². The number of benzene rings is 1. The Morgan fingerprint density at radius 1 is 1.15 bits per heavy atom. The highest BCUT2D eigenvalue weighted by Crippen LogP contribution is 2.23. The van der Waals surface area contributed by atoms with Gasteiger partial charge in [0.25, 0.3) is 0 Å². The highest BCUT2D eigenvalue weighted by molar-refractivity contribution is 5.79. The van der Waals surface area contributed by atoms with Crippen molar-refractivity contribution in [2.24, 2.45) is 0 Å². The lowest BCUT2D eigenvalue weighted by Gasteiger charge is -2.34. The summed E-state index contributed by atoms with van der Waals surface area (Å²) in [4.78, 5) is 19.1. The summed E-state index contributed by atoms with van der Waals surface area (Å²) in [5.41, 5.74) is 2.17. The Labute approximate surface area is 153 Å². The molecule has 1 aliphatic rings. The Balaban J connectivity index is 1.40. The minimum Gasteiger partial charge on any atom is -0.340 e. The number of aromatic nitrogens is 3. The van der Waals surface area contributed by atoms with E-state index in [2.05, 4.69) is 38.4 Å². The van der Waals surface area contributed by atoms with Crippen LogP contribution in [-0.2, 0) is 11.2 Å². The van der Waals surface area contributed by atoms with Gasteiger partial charge < -0.3 is 14.0 Å². The number of carbonyl (C=O) groups is 1. The van der Waals surface area contributed by atoms with E-state index in [4.69, 9.17) is 0 Å². The van der Waals surface area contributed by atoms with Gasteiger partial charge in [0, 0.05) is 43.6 Å². The molecule has 0 aliphatic carbocycles. The first kappa shape index (κ1) is 16.6. The molecule has 1 fully saturated rings. The first-order chi connectivity index (χ1) is 12.7. The minimum atomic E-state index is 0.209. The SMILES string of the molecule is Cc1nccn1[C@H]1CCCN(C(=O)Cc2ccc(-n3cccc3)cc2)C1. The summed E-state index contributed by atoms with van der Waals surface area (Å²) in [6.45, 7) is 3.65. The highest BCUT2D eigenvalue weighted by Gasteiger charge is 2.25. The molecule has 0 spiro atoms. The smallest absolute Gasteiger partial charge is 0.227 e. The van der Waals surface area contributed by atoms with E-state index in [-0.39, 0.29) is 5.91 Å². The number of likely N-dealkylation sites (tertiary alicyclic amines) is 1. The average molecular weight is 348 g/mol. The molecule has 2 aromatic heterocycles. The zero-order valence-corrected chi connectivity index (χ0v) is 15.1. The Morgan fingerprint density at radius 3 is 2.62 bits per heavy atom. The van der Waals surface area contributed by atoms with Gasteiger partial charge in [-0.3, -0.25) is 4.79 Å². The molecule has 0 N–H and O–H groups in total. The van der Waals surface area contributed by atoms with Crippen LogP contribution < -0.4 is 0 Å². The first-order valence-electron chi connectivity index (χ1n) is 9.20. The third-order valence-corrected chi connectivity index (χ3v) is 5.20. The van der Waals surface area contributed by atoms with Crippen LogP contribution >= 0.6 is 0 Å². The number of aryl methyl sites for hydroxylation is 1. The van der Waals surface area contributed by atoms with Gasteiger partial charge in [-0.25, -0.2) is 4.98 Å². The van der Waals surface area contributed by atoms with E-state index in [0.29, 0.717) is 12.5 Å². The molecular weight excluding hydrogens is 324 g/mol.